The van der Waals surface area contributed by atoms with Gasteiger partial charge in [0.15, 0.2) is 17.8 Å². The first-order valence-corrected chi connectivity index (χ1v) is 13.1. The smallest absolute Gasteiger partial charge is 0.198 e. The molecule has 0 aromatic heterocycles. The lowest BCUT2D eigenvalue weighted by molar-refractivity contribution is -0.111. The minimum atomic E-state index is -0.501. The number of ether oxygens (including phenoxy) is 1. The summed E-state index contributed by atoms with van der Waals surface area (Å²) in [5.41, 5.74) is 5.64. The van der Waals surface area contributed by atoms with E-state index in [1.165, 1.54) is 19.1 Å². The van der Waals surface area contributed by atoms with Gasteiger partial charge in [-0.3, -0.25) is 9.69 Å². The van der Waals surface area contributed by atoms with Gasteiger partial charge in [-0.25, -0.2) is 9.40 Å². The normalized spacial score (nSPS) is 15.0. The standard InChI is InChI=1S/C31H27BrFN3O2/c1-20-9-15-27(17-21(20)2)35-30(22(3)37)34-36(26-7-5-4-6-8-26)31(35)28-18-24(32)12-16-29(28)38-19-23-10-13-25(33)14-11-23/h4-18,31H,19H2,1-3H3/t31-/m0/s1. The molecule has 0 fully saturated rings. The molecule has 5 rings (SSSR count). The zero-order valence-corrected chi connectivity index (χ0v) is 22.9. The number of benzene rings is 4. The van der Waals surface area contributed by atoms with E-state index >= 15 is 0 Å². The van der Waals surface area contributed by atoms with Crippen LogP contribution in [0.3, 0.4) is 0 Å². The number of nitrogens with zero attached hydrogens (tertiary/aromatic N) is 3. The van der Waals surface area contributed by atoms with Crippen molar-refractivity contribution in [1.82, 2.24) is 0 Å². The summed E-state index contributed by atoms with van der Waals surface area (Å²) in [6.45, 7) is 5.91. The molecule has 0 spiro atoms. The van der Waals surface area contributed by atoms with E-state index in [0.29, 0.717) is 11.6 Å². The van der Waals surface area contributed by atoms with Crippen LogP contribution in [0.25, 0.3) is 0 Å². The summed E-state index contributed by atoms with van der Waals surface area (Å²) in [4.78, 5) is 14.9. The molecule has 7 heteroatoms. The van der Waals surface area contributed by atoms with Crippen LogP contribution >= 0.6 is 15.9 Å². The summed E-state index contributed by atoms with van der Waals surface area (Å²) in [5.74, 6) is 0.541. The van der Waals surface area contributed by atoms with Crippen molar-refractivity contribution >= 4 is 38.9 Å². The van der Waals surface area contributed by atoms with Crippen molar-refractivity contribution in [1.29, 1.82) is 0 Å². The molecule has 0 radical (unpaired) electrons. The van der Waals surface area contributed by atoms with Crippen LogP contribution in [0, 0.1) is 19.7 Å². The van der Waals surface area contributed by atoms with Gasteiger partial charge in [-0.1, -0.05) is 52.3 Å². The Bertz CT molecular complexity index is 1510. The zero-order chi connectivity index (χ0) is 26.8. The van der Waals surface area contributed by atoms with E-state index < -0.39 is 6.17 Å². The lowest BCUT2D eigenvalue weighted by Gasteiger charge is -2.33. The van der Waals surface area contributed by atoms with Crippen LogP contribution in [0.4, 0.5) is 15.8 Å². The minimum Gasteiger partial charge on any atom is -0.488 e. The number of para-hydroxylation sites is 1. The Hall–Kier alpha value is -3.97. The quantitative estimate of drug-likeness (QED) is 0.228. The molecule has 192 valence electrons. The van der Waals surface area contributed by atoms with Crippen LogP contribution in [0.5, 0.6) is 5.75 Å². The number of anilines is 2. The van der Waals surface area contributed by atoms with Gasteiger partial charge in [0.1, 0.15) is 18.2 Å². The Kier molecular flexibility index (Phi) is 7.29. The Labute approximate surface area is 230 Å². The summed E-state index contributed by atoms with van der Waals surface area (Å²) in [6.07, 6.45) is -0.501. The molecule has 5 nitrogen and oxygen atoms in total. The van der Waals surface area contributed by atoms with Crippen molar-refractivity contribution in [3.05, 3.63) is 124 Å². The molecule has 0 saturated heterocycles. The van der Waals surface area contributed by atoms with Crippen LogP contribution in [0.15, 0.2) is 101 Å². The summed E-state index contributed by atoms with van der Waals surface area (Å²) in [6, 6.07) is 28.0. The van der Waals surface area contributed by atoms with Crippen molar-refractivity contribution in [2.45, 2.75) is 33.5 Å². The van der Waals surface area contributed by atoms with Gasteiger partial charge in [0.2, 0.25) is 0 Å². The van der Waals surface area contributed by atoms with E-state index in [4.69, 9.17) is 9.84 Å². The third kappa shape index (κ3) is 5.20. The molecule has 1 aliphatic rings. The van der Waals surface area contributed by atoms with Crippen LogP contribution in [-0.4, -0.2) is 11.6 Å². The molecule has 0 bridgehead atoms. The summed E-state index contributed by atoms with van der Waals surface area (Å²) < 4.78 is 20.6. The van der Waals surface area contributed by atoms with Crippen molar-refractivity contribution in [2.24, 2.45) is 5.10 Å². The van der Waals surface area contributed by atoms with E-state index in [2.05, 4.69) is 41.9 Å². The largest absolute Gasteiger partial charge is 0.488 e. The Balaban J connectivity index is 1.65. The molecule has 1 atom stereocenters. The van der Waals surface area contributed by atoms with Crippen LogP contribution in [0.2, 0.25) is 0 Å². The van der Waals surface area contributed by atoms with E-state index in [9.17, 15) is 9.18 Å². The molecule has 0 saturated carbocycles. The maximum atomic E-state index is 13.4. The molecule has 0 amide bonds. The Morgan fingerprint density at radius 2 is 1.66 bits per heavy atom. The number of rotatable bonds is 7. The number of halogens is 2. The second kappa shape index (κ2) is 10.8. The average Bonchev–Trinajstić information content (AvgIpc) is 3.32. The fourth-order valence-corrected chi connectivity index (χ4v) is 4.83. The fourth-order valence-electron chi connectivity index (χ4n) is 4.45. The van der Waals surface area contributed by atoms with Crippen LogP contribution < -0.4 is 14.6 Å². The molecule has 4 aromatic carbocycles. The molecule has 38 heavy (non-hydrogen) atoms. The number of hydrogen-bond donors (Lipinski definition) is 0. The average molecular weight is 572 g/mol. The summed E-state index contributed by atoms with van der Waals surface area (Å²) in [5, 5.41) is 6.70. The van der Waals surface area contributed by atoms with Gasteiger partial charge in [0.25, 0.3) is 0 Å². The zero-order valence-electron chi connectivity index (χ0n) is 21.4. The molecule has 0 unspecified atom stereocenters. The number of Topliss-reactive ketones (excluding diaryl/α,β-unsaturated/α-hetero) is 1. The van der Waals surface area contributed by atoms with Gasteiger partial charge < -0.3 is 4.74 Å². The third-order valence-corrected chi connectivity index (χ3v) is 7.06. The highest BCUT2D eigenvalue weighted by Crippen LogP contribution is 2.43. The molecule has 4 aromatic rings. The van der Waals surface area contributed by atoms with E-state index in [1.807, 2.05) is 64.5 Å². The number of hydrazone groups is 1. The lowest BCUT2D eigenvalue weighted by Crippen LogP contribution is -2.38. The topological polar surface area (TPSA) is 45.1 Å². The SMILES string of the molecule is CC(=O)C1=NN(c2ccccc2)[C@@H](c2cc(Br)ccc2OCc2ccc(F)cc2)N1c1ccc(C)c(C)c1. The van der Waals surface area contributed by atoms with E-state index in [0.717, 1.165) is 38.1 Å². The van der Waals surface area contributed by atoms with Crippen molar-refractivity contribution in [2.75, 3.05) is 9.91 Å². The van der Waals surface area contributed by atoms with E-state index in [1.54, 1.807) is 12.1 Å². The Morgan fingerprint density at radius 1 is 0.921 bits per heavy atom. The third-order valence-electron chi connectivity index (χ3n) is 6.57. The highest BCUT2D eigenvalue weighted by Gasteiger charge is 2.40. The predicted octanol–water partition coefficient (Wildman–Crippen LogP) is 7.71. The van der Waals surface area contributed by atoms with Crippen molar-refractivity contribution < 1.29 is 13.9 Å². The summed E-state index contributed by atoms with van der Waals surface area (Å²) in [7, 11) is 0. The van der Waals surface area contributed by atoms with Crippen molar-refractivity contribution in [3.63, 3.8) is 0 Å². The first-order valence-electron chi connectivity index (χ1n) is 12.3. The van der Waals surface area contributed by atoms with Gasteiger partial charge in [-0.2, -0.15) is 0 Å². The second-order valence-electron chi connectivity index (χ2n) is 9.27. The summed E-state index contributed by atoms with van der Waals surface area (Å²) >= 11 is 3.63. The molecule has 0 N–H and O–H groups in total. The maximum absolute atomic E-state index is 13.4. The first-order chi connectivity index (χ1) is 18.3. The van der Waals surface area contributed by atoms with Gasteiger partial charge in [-0.15, -0.1) is 5.10 Å². The number of amidine groups is 1. The highest BCUT2D eigenvalue weighted by molar-refractivity contribution is 9.10. The number of aryl methyl sites for hydroxylation is 2. The fraction of sp³-hybridized carbons (Fsp3) is 0.161. The van der Waals surface area contributed by atoms with E-state index in [-0.39, 0.29) is 18.2 Å². The molecule has 1 heterocycles. The molecular formula is C31H27BrFN3O2. The number of hydrogen-bond acceptors (Lipinski definition) is 5. The molecule has 1 aliphatic heterocycles. The molecular weight excluding hydrogens is 545 g/mol. The predicted molar refractivity (Wildman–Crippen MR) is 153 cm³/mol. The number of ketones is 1. The number of carbonyl (C=O) groups is 1. The minimum absolute atomic E-state index is 0.143. The Morgan fingerprint density at radius 3 is 2.34 bits per heavy atom. The maximum Gasteiger partial charge on any atom is 0.198 e. The first kappa shape index (κ1) is 25.7. The lowest BCUT2D eigenvalue weighted by atomic mass is 10.1. The van der Waals surface area contributed by atoms with Gasteiger partial charge in [0, 0.05) is 22.6 Å². The second-order valence-corrected chi connectivity index (χ2v) is 10.2. The van der Waals surface area contributed by atoms with Gasteiger partial charge in [0.05, 0.1) is 5.69 Å². The monoisotopic (exact) mass is 571 g/mol. The van der Waals surface area contributed by atoms with Gasteiger partial charge in [-0.05, 0) is 85.1 Å². The van der Waals surface area contributed by atoms with Crippen LogP contribution in [-0.2, 0) is 11.4 Å². The van der Waals surface area contributed by atoms with Gasteiger partial charge >= 0.3 is 0 Å². The highest BCUT2D eigenvalue weighted by atomic mass is 79.9. The number of carbonyl (C=O) groups excluding carboxylic acids is 1. The molecule has 0 aliphatic carbocycles. The van der Waals surface area contributed by atoms with Crippen LogP contribution in [0.1, 0.15) is 35.3 Å². The van der Waals surface area contributed by atoms with Crippen molar-refractivity contribution in [3.8, 4) is 5.75 Å².